The maximum Gasteiger partial charge on any atom is 0.330 e. The Labute approximate surface area is 121 Å². The van der Waals surface area contributed by atoms with Gasteiger partial charge in [0.25, 0.3) is 0 Å². The number of carbonyl (C=O) groups is 1. The van der Waals surface area contributed by atoms with E-state index in [1.54, 1.807) is 0 Å². The zero-order valence-electron chi connectivity index (χ0n) is 12.8. The fourth-order valence-electron chi connectivity index (χ4n) is 2.26. The molecular weight excluding hydrogens is 252 g/mol. The van der Waals surface area contributed by atoms with Crippen LogP contribution in [0.3, 0.4) is 0 Å². The van der Waals surface area contributed by atoms with E-state index in [4.69, 9.17) is 4.74 Å². The third-order valence-electron chi connectivity index (χ3n) is 4.00. The number of carbonyl (C=O) groups excluding carboxylic acids is 1. The molecule has 2 rings (SSSR count). The Morgan fingerprint density at radius 2 is 1.95 bits per heavy atom. The summed E-state index contributed by atoms with van der Waals surface area (Å²) in [5.74, 6) is 0.468. The zero-order valence-corrected chi connectivity index (χ0v) is 12.8. The number of anilines is 1. The van der Waals surface area contributed by atoms with Crippen LogP contribution in [-0.4, -0.2) is 33.7 Å². The molecule has 0 saturated heterocycles. The predicted molar refractivity (Wildman–Crippen MR) is 80.9 cm³/mol. The standard InChI is InChI=1S/C16H24N2O2/c1-16(15(19)20-4,17-11-12-5-6-12)13-7-9-14(10-8-13)18(2)3/h7-10,12,17H,5-6,11H2,1-4H3. The molecule has 1 saturated carbocycles. The third-order valence-corrected chi connectivity index (χ3v) is 4.00. The smallest absolute Gasteiger partial charge is 0.330 e. The summed E-state index contributed by atoms with van der Waals surface area (Å²) in [6, 6.07) is 8.03. The van der Waals surface area contributed by atoms with Crippen LogP contribution in [0.5, 0.6) is 0 Å². The molecule has 4 nitrogen and oxygen atoms in total. The van der Waals surface area contributed by atoms with Crippen LogP contribution < -0.4 is 10.2 Å². The molecule has 1 unspecified atom stereocenters. The Kier molecular flexibility index (Phi) is 4.33. The van der Waals surface area contributed by atoms with Crippen LogP contribution in [0.15, 0.2) is 24.3 Å². The summed E-state index contributed by atoms with van der Waals surface area (Å²) in [4.78, 5) is 14.2. The minimum Gasteiger partial charge on any atom is -0.467 e. The van der Waals surface area contributed by atoms with E-state index in [1.807, 2.05) is 50.2 Å². The maximum absolute atomic E-state index is 12.2. The van der Waals surface area contributed by atoms with E-state index in [0.29, 0.717) is 5.92 Å². The lowest BCUT2D eigenvalue weighted by atomic mass is 9.91. The highest BCUT2D eigenvalue weighted by atomic mass is 16.5. The molecule has 0 bridgehead atoms. The SMILES string of the molecule is COC(=O)C(C)(NCC1CC1)c1ccc(N(C)C)cc1. The van der Waals surface area contributed by atoms with Gasteiger partial charge < -0.3 is 9.64 Å². The van der Waals surface area contributed by atoms with E-state index in [0.717, 1.165) is 17.8 Å². The van der Waals surface area contributed by atoms with Crippen molar-refractivity contribution in [2.75, 3.05) is 32.6 Å². The molecule has 0 heterocycles. The van der Waals surface area contributed by atoms with E-state index in [1.165, 1.54) is 20.0 Å². The average molecular weight is 276 g/mol. The minimum atomic E-state index is -0.776. The van der Waals surface area contributed by atoms with Crippen LogP contribution in [0, 0.1) is 5.92 Å². The second-order valence-electron chi connectivity index (χ2n) is 5.88. The maximum atomic E-state index is 12.2. The molecule has 0 aromatic heterocycles. The van der Waals surface area contributed by atoms with Gasteiger partial charge in [-0.3, -0.25) is 5.32 Å². The monoisotopic (exact) mass is 276 g/mol. The van der Waals surface area contributed by atoms with Gasteiger partial charge in [0.15, 0.2) is 0 Å². The lowest BCUT2D eigenvalue weighted by molar-refractivity contribution is -0.148. The van der Waals surface area contributed by atoms with Crippen molar-refractivity contribution in [3.63, 3.8) is 0 Å². The number of ether oxygens (including phenoxy) is 1. The van der Waals surface area contributed by atoms with Gasteiger partial charge in [0.1, 0.15) is 5.54 Å². The zero-order chi connectivity index (χ0) is 14.8. The summed E-state index contributed by atoms with van der Waals surface area (Å²) in [7, 11) is 5.44. The number of methoxy groups -OCH3 is 1. The first kappa shape index (κ1) is 14.9. The molecule has 1 aromatic rings. The summed E-state index contributed by atoms with van der Waals surface area (Å²) in [5, 5.41) is 3.39. The number of nitrogens with one attached hydrogen (secondary N) is 1. The van der Waals surface area contributed by atoms with Gasteiger partial charge in [-0.25, -0.2) is 4.79 Å². The van der Waals surface area contributed by atoms with E-state index in [-0.39, 0.29) is 5.97 Å². The molecule has 110 valence electrons. The highest BCUT2D eigenvalue weighted by molar-refractivity contribution is 5.82. The molecule has 20 heavy (non-hydrogen) atoms. The topological polar surface area (TPSA) is 41.6 Å². The van der Waals surface area contributed by atoms with Crippen LogP contribution in [-0.2, 0) is 15.1 Å². The summed E-state index contributed by atoms with van der Waals surface area (Å²) in [6.07, 6.45) is 2.51. The summed E-state index contributed by atoms with van der Waals surface area (Å²) < 4.78 is 4.99. The lowest BCUT2D eigenvalue weighted by Crippen LogP contribution is -2.48. The van der Waals surface area contributed by atoms with Crippen LogP contribution in [0.1, 0.15) is 25.3 Å². The Bertz CT molecular complexity index is 466. The van der Waals surface area contributed by atoms with E-state index in [2.05, 4.69) is 5.32 Å². The van der Waals surface area contributed by atoms with Gasteiger partial charge in [-0.1, -0.05) is 12.1 Å². The number of hydrogen-bond acceptors (Lipinski definition) is 4. The van der Waals surface area contributed by atoms with Gasteiger partial charge in [0.2, 0.25) is 0 Å². The Hall–Kier alpha value is -1.55. The highest BCUT2D eigenvalue weighted by Crippen LogP contribution is 2.31. The second-order valence-corrected chi connectivity index (χ2v) is 5.88. The van der Waals surface area contributed by atoms with Crippen molar-refractivity contribution < 1.29 is 9.53 Å². The van der Waals surface area contributed by atoms with Gasteiger partial charge in [0, 0.05) is 19.8 Å². The number of esters is 1. The van der Waals surface area contributed by atoms with Gasteiger partial charge in [-0.2, -0.15) is 0 Å². The van der Waals surface area contributed by atoms with Gasteiger partial charge in [-0.05, 0) is 49.9 Å². The first-order valence-electron chi connectivity index (χ1n) is 7.08. The molecule has 1 aliphatic carbocycles. The fourth-order valence-corrected chi connectivity index (χ4v) is 2.26. The normalized spacial score (nSPS) is 17.4. The quantitative estimate of drug-likeness (QED) is 0.808. The molecule has 1 aliphatic rings. The van der Waals surface area contributed by atoms with E-state index < -0.39 is 5.54 Å². The van der Waals surface area contributed by atoms with E-state index >= 15 is 0 Å². The fraction of sp³-hybridized carbons (Fsp3) is 0.562. The highest BCUT2D eigenvalue weighted by Gasteiger charge is 2.37. The van der Waals surface area contributed by atoms with Crippen LogP contribution in [0.25, 0.3) is 0 Å². The van der Waals surface area contributed by atoms with Crippen molar-refractivity contribution in [1.82, 2.24) is 5.32 Å². The molecule has 0 radical (unpaired) electrons. The second kappa shape index (κ2) is 5.83. The minimum absolute atomic E-state index is 0.240. The van der Waals surface area contributed by atoms with Crippen molar-refractivity contribution in [3.05, 3.63) is 29.8 Å². The summed E-state index contributed by atoms with van der Waals surface area (Å²) >= 11 is 0. The van der Waals surface area contributed by atoms with Crippen molar-refractivity contribution in [2.45, 2.75) is 25.3 Å². The molecule has 0 aliphatic heterocycles. The number of benzene rings is 1. The van der Waals surface area contributed by atoms with Crippen molar-refractivity contribution >= 4 is 11.7 Å². The summed E-state index contributed by atoms with van der Waals surface area (Å²) in [5.41, 5.74) is 1.28. The van der Waals surface area contributed by atoms with Crippen LogP contribution in [0.2, 0.25) is 0 Å². The number of hydrogen-bond donors (Lipinski definition) is 1. The van der Waals surface area contributed by atoms with Gasteiger partial charge >= 0.3 is 5.97 Å². The van der Waals surface area contributed by atoms with E-state index in [9.17, 15) is 4.79 Å². The molecule has 0 spiro atoms. The predicted octanol–water partition coefficient (Wildman–Crippen LogP) is 2.14. The third kappa shape index (κ3) is 3.12. The van der Waals surface area contributed by atoms with Gasteiger partial charge in [0.05, 0.1) is 7.11 Å². The molecule has 4 heteroatoms. The number of rotatable bonds is 6. The van der Waals surface area contributed by atoms with Gasteiger partial charge in [-0.15, -0.1) is 0 Å². The molecule has 0 amide bonds. The van der Waals surface area contributed by atoms with Crippen LogP contribution in [0.4, 0.5) is 5.69 Å². The summed E-state index contributed by atoms with van der Waals surface area (Å²) in [6.45, 7) is 2.76. The lowest BCUT2D eigenvalue weighted by Gasteiger charge is -2.29. The van der Waals surface area contributed by atoms with Crippen molar-refractivity contribution in [1.29, 1.82) is 0 Å². The first-order chi connectivity index (χ1) is 9.47. The molecule has 1 N–H and O–H groups in total. The molecular formula is C16H24N2O2. The Morgan fingerprint density at radius 3 is 2.40 bits per heavy atom. The molecule has 1 atom stereocenters. The first-order valence-corrected chi connectivity index (χ1v) is 7.08. The Balaban J connectivity index is 2.21. The number of nitrogens with zero attached hydrogens (tertiary/aromatic N) is 1. The van der Waals surface area contributed by atoms with Crippen molar-refractivity contribution in [3.8, 4) is 0 Å². The largest absolute Gasteiger partial charge is 0.467 e. The average Bonchev–Trinajstić information content (AvgIpc) is 3.28. The Morgan fingerprint density at radius 1 is 1.35 bits per heavy atom. The molecule has 1 fully saturated rings. The van der Waals surface area contributed by atoms with Crippen molar-refractivity contribution in [2.24, 2.45) is 5.92 Å². The molecule has 1 aromatic carbocycles. The van der Waals surface area contributed by atoms with Crippen LogP contribution >= 0.6 is 0 Å².